The van der Waals surface area contributed by atoms with Crippen LogP contribution < -0.4 is 16.1 Å². The number of rotatable bonds is 3. The Morgan fingerprint density at radius 1 is 1.09 bits per heavy atom. The van der Waals surface area contributed by atoms with Crippen LogP contribution in [0.3, 0.4) is 0 Å². The summed E-state index contributed by atoms with van der Waals surface area (Å²) in [5.41, 5.74) is 3.26. The third-order valence-electron chi connectivity index (χ3n) is 6.00. The van der Waals surface area contributed by atoms with Crippen molar-refractivity contribution < 1.29 is 0 Å². The van der Waals surface area contributed by atoms with E-state index in [-0.39, 0.29) is 17.8 Å². The van der Waals surface area contributed by atoms with E-state index in [9.17, 15) is 9.59 Å². The van der Waals surface area contributed by atoms with Gasteiger partial charge in [-0.1, -0.05) is 52.7 Å². The lowest BCUT2D eigenvalue weighted by atomic mass is 10.1. The minimum absolute atomic E-state index is 0.232. The fourth-order valence-electron chi connectivity index (χ4n) is 4.48. The minimum Gasteiger partial charge on any atom is -0.312 e. The number of anilines is 2. The third-order valence-corrected chi connectivity index (χ3v) is 6.53. The van der Waals surface area contributed by atoms with Crippen molar-refractivity contribution in [1.82, 2.24) is 18.7 Å². The van der Waals surface area contributed by atoms with Gasteiger partial charge in [0.2, 0.25) is 5.95 Å². The van der Waals surface area contributed by atoms with Crippen LogP contribution in [0, 0.1) is 12.8 Å². The van der Waals surface area contributed by atoms with E-state index in [0.29, 0.717) is 29.6 Å². The van der Waals surface area contributed by atoms with Gasteiger partial charge in [0.15, 0.2) is 11.2 Å². The number of imidazole rings is 1. The van der Waals surface area contributed by atoms with Gasteiger partial charge < -0.3 is 9.47 Å². The molecule has 2 aromatic heterocycles. The largest absolute Gasteiger partial charge is 0.332 e. The van der Waals surface area contributed by atoms with Crippen molar-refractivity contribution >= 4 is 38.7 Å². The van der Waals surface area contributed by atoms with Gasteiger partial charge in [-0.15, -0.1) is 0 Å². The predicted molar refractivity (Wildman–Crippen MR) is 130 cm³/mol. The second-order valence-electron chi connectivity index (χ2n) is 8.61. The summed E-state index contributed by atoms with van der Waals surface area (Å²) < 4.78 is 5.78. The summed E-state index contributed by atoms with van der Waals surface area (Å²) in [5, 5.41) is 0. The number of fused-ring (bicyclic) bond motifs is 3. The molecule has 0 bridgehead atoms. The second kappa shape index (κ2) is 7.78. The van der Waals surface area contributed by atoms with Crippen LogP contribution >= 0.6 is 15.9 Å². The summed E-state index contributed by atoms with van der Waals surface area (Å²) >= 11 is 3.49. The molecule has 32 heavy (non-hydrogen) atoms. The summed E-state index contributed by atoms with van der Waals surface area (Å²) in [7, 11) is 1.68. The monoisotopic (exact) mass is 493 g/mol. The smallest absolute Gasteiger partial charge is 0.312 e. The maximum absolute atomic E-state index is 13.6. The Morgan fingerprint density at radius 3 is 2.56 bits per heavy atom. The van der Waals surface area contributed by atoms with Crippen molar-refractivity contribution in [3.05, 3.63) is 85.0 Å². The summed E-state index contributed by atoms with van der Waals surface area (Å²) in [6.07, 6.45) is 0. The molecule has 7 nitrogen and oxygen atoms in total. The number of aromatic nitrogens is 4. The normalized spacial score (nSPS) is 15.9. The van der Waals surface area contributed by atoms with Crippen LogP contribution in [0.5, 0.6) is 0 Å². The molecule has 0 fully saturated rings. The van der Waals surface area contributed by atoms with Crippen LogP contribution in [0.2, 0.25) is 0 Å². The summed E-state index contributed by atoms with van der Waals surface area (Å²) in [6.45, 7) is 5.86. The van der Waals surface area contributed by atoms with Gasteiger partial charge in [0.1, 0.15) is 0 Å². The maximum Gasteiger partial charge on any atom is 0.332 e. The molecule has 1 atom stereocenters. The van der Waals surface area contributed by atoms with Gasteiger partial charge in [0, 0.05) is 30.3 Å². The molecule has 1 aliphatic rings. The highest BCUT2D eigenvalue weighted by Gasteiger charge is 2.29. The Morgan fingerprint density at radius 2 is 1.84 bits per heavy atom. The number of benzene rings is 2. The first kappa shape index (κ1) is 20.8. The topological polar surface area (TPSA) is 65.1 Å². The molecule has 0 saturated carbocycles. The van der Waals surface area contributed by atoms with Crippen molar-refractivity contribution in [3.63, 3.8) is 0 Å². The Labute approximate surface area is 193 Å². The molecular formula is C24H24BrN5O2. The fourth-order valence-corrected chi connectivity index (χ4v) is 4.74. The van der Waals surface area contributed by atoms with E-state index >= 15 is 0 Å². The van der Waals surface area contributed by atoms with Gasteiger partial charge >= 0.3 is 5.69 Å². The zero-order valence-electron chi connectivity index (χ0n) is 18.2. The lowest BCUT2D eigenvalue weighted by Gasteiger charge is -2.33. The van der Waals surface area contributed by atoms with Crippen LogP contribution in [-0.4, -0.2) is 25.2 Å². The first-order valence-electron chi connectivity index (χ1n) is 10.6. The second-order valence-corrected chi connectivity index (χ2v) is 9.52. The van der Waals surface area contributed by atoms with Crippen LogP contribution in [0.25, 0.3) is 11.2 Å². The van der Waals surface area contributed by atoms with E-state index in [0.717, 1.165) is 27.8 Å². The molecule has 8 heteroatoms. The van der Waals surface area contributed by atoms with Crippen molar-refractivity contribution in [1.29, 1.82) is 0 Å². The van der Waals surface area contributed by atoms with E-state index in [2.05, 4.69) is 27.8 Å². The highest BCUT2D eigenvalue weighted by Crippen LogP contribution is 2.33. The molecule has 3 heterocycles. The van der Waals surface area contributed by atoms with Gasteiger partial charge in [-0.25, -0.2) is 4.79 Å². The standard InChI is InChI=1S/C24H24BrN5O2/c1-15-5-4-6-17(11-15)14-30-22(31)20-21(27(3)24(30)32)26-23-28(12-16(2)13-29(20)23)19-9-7-18(25)8-10-19/h4-11,16H,12-14H2,1-3H3/t16-/m1/s1. The Balaban J connectivity index is 1.72. The van der Waals surface area contributed by atoms with E-state index in [4.69, 9.17) is 4.98 Å². The average Bonchev–Trinajstić information content (AvgIpc) is 3.15. The molecule has 0 N–H and O–H groups in total. The average molecular weight is 494 g/mol. The number of halogens is 1. The van der Waals surface area contributed by atoms with Crippen molar-refractivity contribution in [2.24, 2.45) is 13.0 Å². The molecule has 5 rings (SSSR count). The predicted octanol–water partition coefficient (Wildman–Crippen LogP) is 3.80. The van der Waals surface area contributed by atoms with Crippen molar-refractivity contribution in [2.75, 3.05) is 11.4 Å². The number of aryl methyl sites for hydroxylation is 2. The molecule has 0 aliphatic carbocycles. The molecule has 0 amide bonds. The molecule has 4 aromatic rings. The quantitative estimate of drug-likeness (QED) is 0.435. The van der Waals surface area contributed by atoms with Crippen molar-refractivity contribution in [2.45, 2.75) is 26.9 Å². The molecular weight excluding hydrogens is 470 g/mol. The van der Waals surface area contributed by atoms with E-state index < -0.39 is 0 Å². The molecule has 0 radical (unpaired) electrons. The molecule has 0 unspecified atom stereocenters. The highest BCUT2D eigenvalue weighted by molar-refractivity contribution is 9.10. The van der Waals surface area contributed by atoms with Gasteiger partial charge in [0.05, 0.1) is 6.54 Å². The van der Waals surface area contributed by atoms with Crippen LogP contribution in [0.4, 0.5) is 11.6 Å². The molecule has 2 aromatic carbocycles. The van der Waals surface area contributed by atoms with Crippen LogP contribution in [0.1, 0.15) is 18.1 Å². The third kappa shape index (κ3) is 3.39. The van der Waals surface area contributed by atoms with Crippen molar-refractivity contribution in [3.8, 4) is 0 Å². The van der Waals surface area contributed by atoms with E-state index in [1.165, 1.54) is 9.13 Å². The van der Waals surface area contributed by atoms with Gasteiger partial charge in [-0.05, 0) is 42.7 Å². The van der Waals surface area contributed by atoms with Gasteiger partial charge in [-0.2, -0.15) is 4.98 Å². The van der Waals surface area contributed by atoms with E-state index in [1.54, 1.807) is 7.05 Å². The van der Waals surface area contributed by atoms with Crippen LogP contribution in [0.15, 0.2) is 62.6 Å². The maximum atomic E-state index is 13.6. The Bertz CT molecular complexity index is 1450. The number of hydrogen-bond acceptors (Lipinski definition) is 4. The zero-order valence-corrected chi connectivity index (χ0v) is 19.8. The summed E-state index contributed by atoms with van der Waals surface area (Å²) in [5.74, 6) is 1.01. The first-order valence-corrected chi connectivity index (χ1v) is 11.4. The Hall–Kier alpha value is -3.13. The molecule has 1 aliphatic heterocycles. The first-order chi connectivity index (χ1) is 15.3. The lowest BCUT2D eigenvalue weighted by molar-refractivity contribution is 0.458. The van der Waals surface area contributed by atoms with Gasteiger partial charge in [0.25, 0.3) is 5.56 Å². The van der Waals surface area contributed by atoms with Gasteiger partial charge in [-0.3, -0.25) is 13.9 Å². The molecule has 0 spiro atoms. The zero-order chi connectivity index (χ0) is 22.6. The summed E-state index contributed by atoms with van der Waals surface area (Å²) in [4.78, 5) is 33.6. The summed E-state index contributed by atoms with van der Waals surface area (Å²) in [6, 6.07) is 15.9. The molecule has 0 saturated heterocycles. The Kier molecular flexibility index (Phi) is 5.04. The van der Waals surface area contributed by atoms with E-state index in [1.807, 2.05) is 60.0 Å². The lowest BCUT2D eigenvalue weighted by Crippen LogP contribution is -2.40. The highest BCUT2D eigenvalue weighted by atomic mass is 79.9. The molecule has 164 valence electrons. The van der Waals surface area contributed by atoms with Crippen LogP contribution in [-0.2, 0) is 20.1 Å². The number of nitrogens with zero attached hydrogens (tertiary/aromatic N) is 5. The number of hydrogen-bond donors (Lipinski definition) is 0. The SMILES string of the molecule is Cc1cccc(Cn2c(=O)c3c(nc4n3C[C@H](C)CN4c3ccc(Br)cc3)n(C)c2=O)c1. The minimum atomic E-state index is -0.359. The fraction of sp³-hybridized carbons (Fsp3) is 0.292.